The standard InChI is InChI=1S/C16H18N2O3/c1-20-11-13(19)10-14-17-15(18-21-14)16(8-5-9-16)12-6-3-2-4-7-12/h2-4,6-7H,5,8-11H2,1H3. The van der Waals surface area contributed by atoms with Crippen LogP contribution >= 0.6 is 0 Å². The quantitative estimate of drug-likeness (QED) is 0.815. The molecule has 0 saturated heterocycles. The van der Waals surface area contributed by atoms with E-state index in [4.69, 9.17) is 9.26 Å². The molecule has 1 aromatic carbocycles. The number of carbonyl (C=O) groups excluding carboxylic acids is 1. The maximum atomic E-state index is 11.6. The number of benzene rings is 1. The zero-order chi connectivity index (χ0) is 14.7. The molecule has 1 aliphatic rings. The molecule has 5 nitrogen and oxygen atoms in total. The average molecular weight is 286 g/mol. The van der Waals surface area contributed by atoms with Gasteiger partial charge in [-0.25, -0.2) is 0 Å². The highest BCUT2D eigenvalue weighted by Gasteiger charge is 2.44. The van der Waals surface area contributed by atoms with Crippen molar-refractivity contribution in [3.63, 3.8) is 0 Å². The number of hydrogen-bond acceptors (Lipinski definition) is 5. The van der Waals surface area contributed by atoms with Gasteiger partial charge < -0.3 is 9.26 Å². The number of ketones is 1. The van der Waals surface area contributed by atoms with Crippen molar-refractivity contribution in [2.24, 2.45) is 0 Å². The highest BCUT2D eigenvalue weighted by Crippen LogP contribution is 2.47. The topological polar surface area (TPSA) is 65.2 Å². The van der Waals surface area contributed by atoms with Crippen LogP contribution in [0.5, 0.6) is 0 Å². The summed E-state index contributed by atoms with van der Waals surface area (Å²) in [7, 11) is 1.50. The maximum Gasteiger partial charge on any atom is 0.234 e. The largest absolute Gasteiger partial charge is 0.377 e. The summed E-state index contributed by atoms with van der Waals surface area (Å²) in [5.74, 6) is 1.00. The molecule has 0 radical (unpaired) electrons. The molecule has 1 heterocycles. The monoisotopic (exact) mass is 286 g/mol. The van der Waals surface area contributed by atoms with Crippen LogP contribution < -0.4 is 0 Å². The number of rotatable bonds is 6. The molecule has 0 N–H and O–H groups in total. The van der Waals surface area contributed by atoms with Crippen LogP contribution in [0.25, 0.3) is 0 Å². The van der Waals surface area contributed by atoms with Crippen LogP contribution in [0.15, 0.2) is 34.9 Å². The lowest BCUT2D eigenvalue weighted by Gasteiger charge is -2.39. The third-order valence-electron chi connectivity index (χ3n) is 4.08. The number of carbonyl (C=O) groups is 1. The molecule has 1 fully saturated rings. The first kappa shape index (κ1) is 13.9. The third-order valence-corrected chi connectivity index (χ3v) is 4.08. The van der Waals surface area contributed by atoms with Gasteiger partial charge in [0.25, 0.3) is 0 Å². The predicted octanol–water partition coefficient (Wildman–Crippen LogP) is 2.30. The Morgan fingerprint density at radius 2 is 2.10 bits per heavy atom. The Kier molecular flexibility index (Phi) is 3.84. The van der Waals surface area contributed by atoms with E-state index >= 15 is 0 Å². The van der Waals surface area contributed by atoms with Gasteiger partial charge >= 0.3 is 0 Å². The van der Waals surface area contributed by atoms with Crippen LogP contribution in [0.4, 0.5) is 0 Å². The minimum Gasteiger partial charge on any atom is -0.377 e. The van der Waals surface area contributed by atoms with E-state index in [1.165, 1.54) is 12.7 Å². The molecule has 0 bridgehead atoms. The Hall–Kier alpha value is -2.01. The fourth-order valence-corrected chi connectivity index (χ4v) is 2.83. The van der Waals surface area contributed by atoms with Gasteiger partial charge in [0.15, 0.2) is 11.6 Å². The smallest absolute Gasteiger partial charge is 0.234 e. The first-order chi connectivity index (χ1) is 10.2. The Balaban J connectivity index is 1.83. The molecule has 1 aromatic heterocycles. The molecule has 0 amide bonds. The molecular weight excluding hydrogens is 268 g/mol. The van der Waals surface area contributed by atoms with Crippen molar-refractivity contribution < 1.29 is 14.1 Å². The van der Waals surface area contributed by atoms with Gasteiger partial charge in [0.05, 0.1) is 11.8 Å². The molecule has 0 unspecified atom stereocenters. The maximum absolute atomic E-state index is 11.6. The Morgan fingerprint density at radius 3 is 2.71 bits per heavy atom. The molecule has 21 heavy (non-hydrogen) atoms. The van der Waals surface area contributed by atoms with Gasteiger partial charge in [0.1, 0.15) is 6.61 Å². The highest BCUT2D eigenvalue weighted by molar-refractivity contribution is 5.81. The number of ether oxygens (including phenoxy) is 1. The highest BCUT2D eigenvalue weighted by atomic mass is 16.5. The fraction of sp³-hybridized carbons (Fsp3) is 0.438. The van der Waals surface area contributed by atoms with E-state index in [1.54, 1.807) is 0 Å². The zero-order valence-corrected chi connectivity index (χ0v) is 12.0. The molecule has 0 aliphatic heterocycles. The normalized spacial score (nSPS) is 16.4. The van der Waals surface area contributed by atoms with Gasteiger partial charge in [-0.2, -0.15) is 4.98 Å². The van der Waals surface area contributed by atoms with E-state index in [1.807, 2.05) is 18.2 Å². The molecule has 5 heteroatoms. The van der Waals surface area contributed by atoms with E-state index in [-0.39, 0.29) is 24.2 Å². The zero-order valence-electron chi connectivity index (χ0n) is 12.0. The van der Waals surface area contributed by atoms with Crippen molar-refractivity contribution in [3.05, 3.63) is 47.6 Å². The molecule has 3 rings (SSSR count). The van der Waals surface area contributed by atoms with Crippen LogP contribution in [-0.2, 0) is 21.4 Å². The lowest BCUT2D eigenvalue weighted by Crippen LogP contribution is -2.36. The van der Waals surface area contributed by atoms with Crippen LogP contribution in [0.1, 0.15) is 36.5 Å². The first-order valence-electron chi connectivity index (χ1n) is 7.14. The van der Waals surface area contributed by atoms with E-state index in [0.717, 1.165) is 19.3 Å². The summed E-state index contributed by atoms with van der Waals surface area (Å²) in [5, 5.41) is 4.12. The molecule has 1 aliphatic carbocycles. The Morgan fingerprint density at radius 1 is 1.33 bits per heavy atom. The lowest BCUT2D eigenvalue weighted by atomic mass is 9.64. The van der Waals surface area contributed by atoms with Gasteiger partial charge in [-0.1, -0.05) is 41.9 Å². The molecule has 1 saturated carbocycles. The van der Waals surface area contributed by atoms with Crippen molar-refractivity contribution >= 4 is 5.78 Å². The summed E-state index contributed by atoms with van der Waals surface area (Å²) in [5.41, 5.74) is 1.07. The van der Waals surface area contributed by atoms with Crippen LogP contribution in [-0.4, -0.2) is 29.6 Å². The van der Waals surface area contributed by atoms with Crippen LogP contribution in [0.3, 0.4) is 0 Å². The summed E-state index contributed by atoms with van der Waals surface area (Å²) in [6, 6.07) is 10.3. The minimum atomic E-state index is -0.146. The van der Waals surface area contributed by atoms with Gasteiger partial charge in [-0.15, -0.1) is 0 Å². The molecule has 0 spiro atoms. The van der Waals surface area contributed by atoms with Gasteiger partial charge in [0, 0.05) is 7.11 Å². The van der Waals surface area contributed by atoms with E-state index in [2.05, 4.69) is 22.3 Å². The number of nitrogens with zero attached hydrogens (tertiary/aromatic N) is 2. The summed E-state index contributed by atoms with van der Waals surface area (Å²) in [6.45, 7) is 0.0710. The van der Waals surface area contributed by atoms with Gasteiger partial charge in [0.2, 0.25) is 5.89 Å². The average Bonchev–Trinajstić information content (AvgIpc) is 2.87. The molecule has 110 valence electrons. The van der Waals surface area contributed by atoms with Crippen molar-refractivity contribution in [2.45, 2.75) is 31.1 Å². The summed E-state index contributed by atoms with van der Waals surface area (Å²) >= 11 is 0. The molecular formula is C16H18N2O3. The number of Topliss-reactive ketones (excluding diaryl/α,β-unsaturated/α-hetero) is 1. The summed E-state index contributed by atoms with van der Waals surface area (Å²) in [4.78, 5) is 16.0. The second-order valence-electron chi connectivity index (χ2n) is 5.46. The Bertz CT molecular complexity index is 617. The second kappa shape index (κ2) is 5.77. The van der Waals surface area contributed by atoms with Crippen molar-refractivity contribution in [3.8, 4) is 0 Å². The second-order valence-corrected chi connectivity index (χ2v) is 5.46. The van der Waals surface area contributed by atoms with Crippen molar-refractivity contribution in [1.29, 1.82) is 0 Å². The van der Waals surface area contributed by atoms with Crippen molar-refractivity contribution in [2.75, 3.05) is 13.7 Å². The fourth-order valence-electron chi connectivity index (χ4n) is 2.83. The van der Waals surface area contributed by atoms with Crippen molar-refractivity contribution in [1.82, 2.24) is 10.1 Å². The number of hydrogen-bond donors (Lipinski definition) is 0. The molecule has 2 aromatic rings. The predicted molar refractivity (Wildman–Crippen MR) is 76.0 cm³/mol. The molecule has 0 atom stereocenters. The number of methoxy groups -OCH3 is 1. The van der Waals surface area contributed by atoms with Crippen LogP contribution in [0, 0.1) is 0 Å². The first-order valence-corrected chi connectivity index (χ1v) is 7.14. The van der Waals surface area contributed by atoms with Gasteiger partial charge in [-0.3, -0.25) is 4.79 Å². The lowest BCUT2D eigenvalue weighted by molar-refractivity contribution is -0.122. The van der Waals surface area contributed by atoms with E-state index in [0.29, 0.717) is 11.7 Å². The van der Waals surface area contributed by atoms with E-state index in [9.17, 15) is 4.79 Å². The third kappa shape index (κ3) is 2.61. The SMILES string of the molecule is COCC(=O)Cc1nc(C2(c3ccccc3)CCC2)no1. The van der Waals surface area contributed by atoms with E-state index < -0.39 is 0 Å². The number of aromatic nitrogens is 2. The summed E-state index contributed by atoms with van der Waals surface area (Å²) < 4.78 is 10.1. The Labute approximate surface area is 123 Å². The van der Waals surface area contributed by atoms with Crippen LogP contribution in [0.2, 0.25) is 0 Å². The summed E-state index contributed by atoms with van der Waals surface area (Å²) in [6.07, 6.45) is 3.32. The minimum absolute atomic E-state index is 0.0601. The van der Waals surface area contributed by atoms with Gasteiger partial charge in [-0.05, 0) is 18.4 Å².